The van der Waals surface area contributed by atoms with Crippen LogP contribution in [0, 0.1) is 10.1 Å². The molecule has 1 aromatic rings. The first-order valence-electron chi connectivity index (χ1n) is 6.29. The molecule has 2 saturated heterocycles. The van der Waals surface area contributed by atoms with E-state index in [9.17, 15) is 14.5 Å². The van der Waals surface area contributed by atoms with Gasteiger partial charge in [0, 0.05) is 13.1 Å². The molecule has 1 aromatic heterocycles. The highest BCUT2D eigenvalue weighted by Gasteiger charge is 2.36. The number of aromatic nitrogens is 2. The van der Waals surface area contributed by atoms with Gasteiger partial charge in [-0.3, -0.25) is 19.7 Å². The number of hydrogen-bond donors (Lipinski definition) is 0. The first-order valence-corrected chi connectivity index (χ1v) is 6.29. The second-order valence-electron chi connectivity index (χ2n) is 4.99. The molecule has 0 radical (unpaired) electrons. The summed E-state index contributed by atoms with van der Waals surface area (Å²) in [5.41, 5.74) is -0.0953. The Balaban J connectivity index is 1.66. The highest BCUT2D eigenvalue weighted by Crippen LogP contribution is 2.28. The van der Waals surface area contributed by atoms with Gasteiger partial charge in [-0.05, 0) is 6.42 Å². The van der Waals surface area contributed by atoms with E-state index in [4.69, 9.17) is 4.74 Å². The van der Waals surface area contributed by atoms with Crippen LogP contribution in [0.5, 0.6) is 0 Å². The monoisotopic (exact) mass is 270 g/mol. The van der Waals surface area contributed by atoms with Crippen molar-refractivity contribution in [1.29, 1.82) is 0 Å². The van der Waals surface area contributed by atoms with Crippen LogP contribution < -0.4 is 0 Å². The number of ether oxygens (including phenoxy) is 1. The quantitative estimate of drug-likeness (QED) is 0.599. The van der Waals surface area contributed by atoms with Crippen LogP contribution in [0.1, 0.15) is 12.5 Å². The van der Waals surface area contributed by atoms with Crippen LogP contribution in [0.2, 0.25) is 0 Å². The van der Waals surface area contributed by atoms with E-state index in [1.54, 1.807) is 0 Å². The van der Waals surface area contributed by atoms with Crippen LogP contribution >= 0.6 is 0 Å². The van der Waals surface area contributed by atoms with Gasteiger partial charge in [0.05, 0.1) is 30.2 Å². The zero-order chi connectivity index (χ0) is 13.4. The molecule has 2 aliphatic rings. The molecule has 8 heteroatoms. The van der Waals surface area contributed by atoms with Crippen LogP contribution in [0.4, 0.5) is 10.1 Å². The van der Waals surface area contributed by atoms with Crippen molar-refractivity contribution in [2.75, 3.05) is 26.3 Å². The first-order chi connectivity index (χ1) is 9.15. The molecule has 3 rings (SSSR count). The van der Waals surface area contributed by atoms with E-state index < -0.39 is 17.1 Å². The molecule has 0 aliphatic carbocycles. The summed E-state index contributed by atoms with van der Waals surface area (Å²) < 4.78 is 20.7. The topological polar surface area (TPSA) is 73.4 Å². The van der Waals surface area contributed by atoms with Crippen molar-refractivity contribution in [3.05, 3.63) is 22.5 Å². The molecule has 2 atom stereocenters. The fourth-order valence-electron chi connectivity index (χ4n) is 2.58. The van der Waals surface area contributed by atoms with E-state index in [1.807, 2.05) is 0 Å². The summed E-state index contributed by atoms with van der Waals surface area (Å²) in [5, 5.41) is 14.5. The van der Waals surface area contributed by atoms with E-state index in [0.29, 0.717) is 32.2 Å². The van der Waals surface area contributed by atoms with Crippen molar-refractivity contribution in [3.8, 4) is 0 Å². The van der Waals surface area contributed by atoms with Crippen molar-refractivity contribution in [2.24, 2.45) is 0 Å². The van der Waals surface area contributed by atoms with Crippen LogP contribution in [0.25, 0.3) is 0 Å². The van der Waals surface area contributed by atoms with Gasteiger partial charge in [0.1, 0.15) is 18.6 Å². The third-order valence-corrected chi connectivity index (χ3v) is 3.81. The van der Waals surface area contributed by atoms with Crippen LogP contribution in [-0.2, 0) is 4.74 Å². The second-order valence-corrected chi connectivity index (χ2v) is 4.99. The molecule has 0 unspecified atom stereocenters. The van der Waals surface area contributed by atoms with Gasteiger partial charge in [0.25, 0.3) is 0 Å². The Hall–Kier alpha value is -1.54. The summed E-state index contributed by atoms with van der Waals surface area (Å²) in [6.07, 6.45) is 2.02. The van der Waals surface area contributed by atoms with E-state index >= 15 is 0 Å². The van der Waals surface area contributed by atoms with Gasteiger partial charge in [-0.1, -0.05) is 0 Å². The minimum absolute atomic E-state index is 0.0953. The molecule has 0 spiro atoms. The molecule has 0 N–H and O–H groups in total. The first kappa shape index (κ1) is 12.5. The standard InChI is InChI=1S/C11H15FN4O3/c12-10-5-14(9-6-19-7-9)2-1-11(10)15-4-8(3-13-15)16(17)18/h3-4,9-11H,1-2,5-7H2/t10-,11-/m1/s1. The molecule has 0 amide bonds. The van der Waals surface area contributed by atoms with Gasteiger partial charge in [0.15, 0.2) is 0 Å². The van der Waals surface area contributed by atoms with Crippen molar-refractivity contribution < 1.29 is 14.1 Å². The zero-order valence-electron chi connectivity index (χ0n) is 10.3. The maximum absolute atomic E-state index is 14.2. The van der Waals surface area contributed by atoms with Gasteiger partial charge >= 0.3 is 5.69 Å². The number of piperidine rings is 1. The zero-order valence-corrected chi connectivity index (χ0v) is 10.3. The number of nitro groups is 1. The highest BCUT2D eigenvalue weighted by molar-refractivity contribution is 5.21. The third kappa shape index (κ3) is 2.33. The van der Waals surface area contributed by atoms with Crippen LogP contribution in [0.3, 0.4) is 0 Å². The van der Waals surface area contributed by atoms with Crippen molar-refractivity contribution in [3.63, 3.8) is 0 Å². The number of likely N-dealkylation sites (tertiary alicyclic amines) is 1. The smallest absolute Gasteiger partial charge is 0.307 e. The normalized spacial score (nSPS) is 29.1. The molecule has 0 aromatic carbocycles. The molecule has 19 heavy (non-hydrogen) atoms. The van der Waals surface area contributed by atoms with Crippen molar-refractivity contribution in [2.45, 2.75) is 24.7 Å². The van der Waals surface area contributed by atoms with Crippen LogP contribution in [0.15, 0.2) is 12.4 Å². The predicted octanol–water partition coefficient (Wildman–Crippen LogP) is 0.775. The van der Waals surface area contributed by atoms with Crippen molar-refractivity contribution in [1.82, 2.24) is 14.7 Å². The summed E-state index contributed by atoms with van der Waals surface area (Å²) in [6, 6.07) is -0.0860. The summed E-state index contributed by atoms with van der Waals surface area (Å²) in [7, 11) is 0. The lowest BCUT2D eigenvalue weighted by Crippen LogP contribution is -2.55. The molecular weight excluding hydrogens is 255 g/mol. The molecule has 104 valence electrons. The van der Waals surface area contributed by atoms with Gasteiger partial charge in [-0.15, -0.1) is 0 Å². The second kappa shape index (κ2) is 4.86. The number of nitrogens with zero attached hydrogens (tertiary/aromatic N) is 4. The van der Waals surface area contributed by atoms with E-state index in [1.165, 1.54) is 17.1 Å². The Kier molecular flexibility index (Phi) is 3.19. The number of halogens is 1. The number of hydrogen-bond acceptors (Lipinski definition) is 5. The Morgan fingerprint density at radius 2 is 2.32 bits per heavy atom. The lowest BCUT2D eigenvalue weighted by Gasteiger charge is -2.42. The van der Waals surface area contributed by atoms with E-state index in [0.717, 1.165) is 6.54 Å². The Labute approximate surface area is 109 Å². The molecule has 0 saturated carbocycles. The summed E-state index contributed by atoms with van der Waals surface area (Å²) in [6.45, 7) is 2.45. The minimum atomic E-state index is -1.06. The largest absolute Gasteiger partial charge is 0.378 e. The van der Waals surface area contributed by atoms with Crippen LogP contribution in [-0.4, -0.2) is 58.1 Å². The molecule has 3 heterocycles. The summed E-state index contributed by atoms with van der Waals surface area (Å²) >= 11 is 0. The average molecular weight is 270 g/mol. The Morgan fingerprint density at radius 3 is 2.84 bits per heavy atom. The average Bonchev–Trinajstić information content (AvgIpc) is 2.76. The van der Waals surface area contributed by atoms with Gasteiger partial charge in [0.2, 0.25) is 0 Å². The lowest BCUT2D eigenvalue weighted by atomic mass is 10.0. The molecule has 2 fully saturated rings. The van der Waals surface area contributed by atoms with Gasteiger partial charge < -0.3 is 4.74 Å². The minimum Gasteiger partial charge on any atom is -0.378 e. The van der Waals surface area contributed by atoms with E-state index in [2.05, 4.69) is 10.00 Å². The summed E-state index contributed by atoms with van der Waals surface area (Å²) in [5.74, 6) is 0. The SMILES string of the molecule is O=[N+]([O-])c1cnn([C@@H]2CCN(C3COC3)C[C@H]2F)c1. The Bertz CT molecular complexity index is 476. The highest BCUT2D eigenvalue weighted by atomic mass is 19.1. The fraction of sp³-hybridized carbons (Fsp3) is 0.727. The molecule has 0 bridgehead atoms. The van der Waals surface area contributed by atoms with Gasteiger partial charge in [-0.2, -0.15) is 5.10 Å². The fourth-order valence-corrected chi connectivity index (χ4v) is 2.58. The van der Waals surface area contributed by atoms with E-state index in [-0.39, 0.29) is 5.69 Å². The molecule has 7 nitrogen and oxygen atoms in total. The maximum atomic E-state index is 14.2. The molecular formula is C11H15FN4O3. The predicted molar refractivity (Wildman–Crippen MR) is 63.6 cm³/mol. The van der Waals surface area contributed by atoms with Gasteiger partial charge in [-0.25, -0.2) is 4.39 Å². The Morgan fingerprint density at radius 1 is 1.53 bits per heavy atom. The third-order valence-electron chi connectivity index (χ3n) is 3.81. The van der Waals surface area contributed by atoms with Crippen molar-refractivity contribution >= 4 is 5.69 Å². The number of rotatable bonds is 3. The number of alkyl halides is 1. The lowest BCUT2D eigenvalue weighted by molar-refractivity contribution is -0.385. The summed E-state index contributed by atoms with van der Waals surface area (Å²) in [4.78, 5) is 12.2. The molecule has 2 aliphatic heterocycles. The maximum Gasteiger partial charge on any atom is 0.307 e.